The lowest BCUT2D eigenvalue weighted by molar-refractivity contribution is 0.414. The standard InChI is InChI=1S/C14H20N4O/c1-11(2)8-15-9-13-10-16-17-18(13)12-4-6-14(19-3)7-5-12/h4-7,10-11,15H,8-9H2,1-3H3. The number of hydrogen-bond donors (Lipinski definition) is 1. The van der Waals surface area contributed by atoms with Crippen LogP contribution in [0.2, 0.25) is 0 Å². The van der Waals surface area contributed by atoms with Crippen molar-refractivity contribution >= 4 is 0 Å². The molecule has 0 spiro atoms. The second-order valence-electron chi connectivity index (χ2n) is 4.86. The van der Waals surface area contributed by atoms with Gasteiger partial charge in [-0.15, -0.1) is 5.10 Å². The first-order chi connectivity index (χ1) is 9.20. The molecule has 1 aromatic heterocycles. The molecule has 102 valence electrons. The fourth-order valence-corrected chi connectivity index (χ4v) is 1.81. The molecule has 0 unspecified atom stereocenters. The zero-order valence-corrected chi connectivity index (χ0v) is 11.6. The fraction of sp³-hybridized carbons (Fsp3) is 0.429. The zero-order chi connectivity index (χ0) is 13.7. The number of nitrogens with one attached hydrogen (secondary N) is 1. The number of ether oxygens (including phenoxy) is 1. The molecule has 0 aliphatic carbocycles. The summed E-state index contributed by atoms with van der Waals surface area (Å²) in [5.74, 6) is 1.47. The Morgan fingerprint density at radius 1 is 1.26 bits per heavy atom. The third-order valence-electron chi connectivity index (χ3n) is 2.80. The average Bonchev–Trinajstić information content (AvgIpc) is 2.87. The molecular formula is C14H20N4O. The highest BCUT2D eigenvalue weighted by Gasteiger charge is 2.06. The van der Waals surface area contributed by atoms with Crippen LogP contribution in [0.5, 0.6) is 5.75 Å². The van der Waals surface area contributed by atoms with Crippen LogP contribution < -0.4 is 10.1 Å². The van der Waals surface area contributed by atoms with Gasteiger partial charge in [0.25, 0.3) is 0 Å². The smallest absolute Gasteiger partial charge is 0.119 e. The van der Waals surface area contributed by atoms with E-state index in [0.717, 1.165) is 30.2 Å². The Kier molecular flexibility index (Phi) is 4.52. The molecule has 0 bridgehead atoms. The highest BCUT2D eigenvalue weighted by Crippen LogP contribution is 2.15. The molecule has 19 heavy (non-hydrogen) atoms. The van der Waals surface area contributed by atoms with Gasteiger partial charge in [0.15, 0.2) is 0 Å². The van der Waals surface area contributed by atoms with Crippen LogP contribution in [0.3, 0.4) is 0 Å². The number of methoxy groups -OCH3 is 1. The molecule has 0 saturated heterocycles. The molecule has 1 N–H and O–H groups in total. The molecular weight excluding hydrogens is 240 g/mol. The molecule has 0 fully saturated rings. The van der Waals surface area contributed by atoms with Gasteiger partial charge in [0.2, 0.25) is 0 Å². The van der Waals surface area contributed by atoms with Gasteiger partial charge in [-0.2, -0.15) is 0 Å². The summed E-state index contributed by atoms with van der Waals surface area (Å²) in [6.07, 6.45) is 1.79. The Morgan fingerprint density at radius 2 is 2.00 bits per heavy atom. The van der Waals surface area contributed by atoms with Gasteiger partial charge < -0.3 is 10.1 Å². The van der Waals surface area contributed by atoms with Crippen LogP contribution in [0.15, 0.2) is 30.5 Å². The monoisotopic (exact) mass is 260 g/mol. The van der Waals surface area contributed by atoms with Crippen LogP contribution in [-0.2, 0) is 6.54 Å². The lowest BCUT2D eigenvalue weighted by Gasteiger charge is -2.09. The maximum Gasteiger partial charge on any atom is 0.119 e. The van der Waals surface area contributed by atoms with E-state index in [1.165, 1.54) is 0 Å². The molecule has 5 heteroatoms. The van der Waals surface area contributed by atoms with E-state index in [-0.39, 0.29) is 0 Å². The topological polar surface area (TPSA) is 52.0 Å². The van der Waals surface area contributed by atoms with E-state index in [0.29, 0.717) is 5.92 Å². The molecule has 0 aliphatic rings. The molecule has 1 heterocycles. The van der Waals surface area contributed by atoms with Crippen LogP contribution in [0.25, 0.3) is 5.69 Å². The number of benzene rings is 1. The highest BCUT2D eigenvalue weighted by molar-refractivity contribution is 5.37. The van der Waals surface area contributed by atoms with Crippen LogP contribution in [-0.4, -0.2) is 28.6 Å². The molecule has 2 rings (SSSR count). The molecule has 0 atom stereocenters. The fourth-order valence-electron chi connectivity index (χ4n) is 1.81. The lowest BCUT2D eigenvalue weighted by Crippen LogP contribution is -2.20. The van der Waals surface area contributed by atoms with E-state index >= 15 is 0 Å². The minimum Gasteiger partial charge on any atom is -0.497 e. The maximum absolute atomic E-state index is 5.15. The average molecular weight is 260 g/mol. The molecule has 0 radical (unpaired) electrons. The van der Waals surface area contributed by atoms with E-state index in [1.807, 2.05) is 28.9 Å². The second kappa shape index (κ2) is 6.33. The van der Waals surface area contributed by atoms with Gasteiger partial charge in [0.1, 0.15) is 5.75 Å². The summed E-state index contributed by atoms with van der Waals surface area (Å²) < 4.78 is 6.99. The normalized spacial score (nSPS) is 10.9. The number of hydrogen-bond acceptors (Lipinski definition) is 4. The summed E-state index contributed by atoms with van der Waals surface area (Å²) in [5, 5.41) is 11.5. The third kappa shape index (κ3) is 3.54. The first kappa shape index (κ1) is 13.5. The van der Waals surface area contributed by atoms with Crippen molar-refractivity contribution in [2.75, 3.05) is 13.7 Å². The lowest BCUT2D eigenvalue weighted by atomic mass is 10.2. The number of aromatic nitrogens is 3. The molecule has 0 aliphatic heterocycles. The Morgan fingerprint density at radius 3 is 2.63 bits per heavy atom. The maximum atomic E-state index is 5.15. The van der Waals surface area contributed by atoms with Crippen molar-refractivity contribution in [2.45, 2.75) is 20.4 Å². The first-order valence-electron chi connectivity index (χ1n) is 6.45. The number of rotatable bonds is 6. The van der Waals surface area contributed by atoms with E-state index in [4.69, 9.17) is 4.74 Å². The van der Waals surface area contributed by atoms with Crippen molar-refractivity contribution in [2.24, 2.45) is 5.92 Å². The SMILES string of the molecule is COc1ccc(-n2nncc2CNCC(C)C)cc1. The van der Waals surface area contributed by atoms with Gasteiger partial charge in [0, 0.05) is 6.54 Å². The summed E-state index contributed by atoms with van der Waals surface area (Å²) in [6.45, 7) is 6.11. The summed E-state index contributed by atoms with van der Waals surface area (Å²) in [7, 11) is 1.66. The van der Waals surface area contributed by atoms with Crippen molar-refractivity contribution in [3.63, 3.8) is 0 Å². The highest BCUT2D eigenvalue weighted by atomic mass is 16.5. The molecule has 1 aromatic carbocycles. The number of nitrogens with zero attached hydrogens (tertiary/aromatic N) is 3. The summed E-state index contributed by atoms with van der Waals surface area (Å²) in [4.78, 5) is 0. The van der Waals surface area contributed by atoms with Crippen molar-refractivity contribution < 1.29 is 4.74 Å². The molecule has 2 aromatic rings. The van der Waals surface area contributed by atoms with E-state index in [1.54, 1.807) is 13.3 Å². The van der Waals surface area contributed by atoms with E-state index in [9.17, 15) is 0 Å². The van der Waals surface area contributed by atoms with Crippen LogP contribution in [0.4, 0.5) is 0 Å². The van der Waals surface area contributed by atoms with Gasteiger partial charge in [-0.25, -0.2) is 4.68 Å². The zero-order valence-electron chi connectivity index (χ0n) is 11.6. The van der Waals surface area contributed by atoms with Gasteiger partial charge in [-0.3, -0.25) is 0 Å². The largest absolute Gasteiger partial charge is 0.497 e. The molecule has 5 nitrogen and oxygen atoms in total. The predicted octanol–water partition coefficient (Wildman–Crippen LogP) is 2.02. The Bertz CT molecular complexity index is 504. The minimum absolute atomic E-state index is 0.630. The first-order valence-corrected chi connectivity index (χ1v) is 6.45. The molecule has 0 amide bonds. The van der Waals surface area contributed by atoms with Crippen molar-refractivity contribution in [1.82, 2.24) is 20.3 Å². The summed E-state index contributed by atoms with van der Waals surface area (Å²) >= 11 is 0. The minimum atomic E-state index is 0.630. The van der Waals surface area contributed by atoms with Crippen LogP contribution >= 0.6 is 0 Å². The van der Waals surface area contributed by atoms with Crippen LogP contribution in [0.1, 0.15) is 19.5 Å². The van der Waals surface area contributed by atoms with Gasteiger partial charge in [0.05, 0.1) is 24.7 Å². The van der Waals surface area contributed by atoms with Crippen LogP contribution in [0, 0.1) is 5.92 Å². The van der Waals surface area contributed by atoms with Gasteiger partial charge in [-0.1, -0.05) is 19.1 Å². The quantitative estimate of drug-likeness (QED) is 0.863. The van der Waals surface area contributed by atoms with Crippen molar-refractivity contribution in [1.29, 1.82) is 0 Å². The third-order valence-corrected chi connectivity index (χ3v) is 2.80. The van der Waals surface area contributed by atoms with E-state index < -0.39 is 0 Å². The van der Waals surface area contributed by atoms with Gasteiger partial charge in [-0.05, 0) is 36.7 Å². The van der Waals surface area contributed by atoms with Gasteiger partial charge >= 0.3 is 0 Å². The summed E-state index contributed by atoms with van der Waals surface area (Å²) in [6, 6.07) is 7.78. The van der Waals surface area contributed by atoms with E-state index in [2.05, 4.69) is 29.5 Å². The Labute approximate surface area is 113 Å². The van der Waals surface area contributed by atoms with Crippen molar-refractivity contribution in [3.8, 4) is 11.4 Å². The second-order valence-corrected chi connectivity index (χ2v) is 4.86. The Balaban J connectivity index is 2.09. The van der Waals surface area contributed by atoms with Crippen molar-refractivity contribution in [3.05, 3.63) is 36.2 Å². The molecule has 0 saturated carbocycles. The summed E-state index contributed by atoms with van der Waals surface area (Å²) in [5.41, 5.74) is 2.03. The Hall–Kier alpha value is -1.88. The predicted molar refractivity (Wildman–Crippen MR) is 74.5 cm³/mol.